The highest BCUT2D eigenvalue weighted by atomic mass is 35.5. The number of hydrogen-bond donors (Lipinski definition) is 2. The van der Waals surface area contributed by atoms with Gasteiger partial charge in [0.2, 0.25) is 0 Å². The fraction of sp³-hybridized carbons (Fsp3) is 0.444. The Morgan fingerprint density at radius 2 is 2.04 bits per heavy atom. The first-order valence-electron chi connectivity index (χ1n) is 8.67. The van der Waals surface area contributed by atoms with Gasteiger partial charge in [-0.25, -0.2) is 4.68 Å². The number of benzene rings is 1. The summed E-state index contributed by atoms with van der Waals surface area (Å²) in [6.07, 6.45) is 2.55. The van der Waals surface area contributed by atoms with Gasteiger partial charge in [-0.2, -0.15) is 5.10 Å². The van der Waals surface area contributed by atoms with Crippen molar-refractivity contribution >= 4 is 29.9 Å². The van der Waals surface area contributed by atoms with Gasteiger partial charge in [0.05, 0.1) is 28.2 Å². The zero-order chi connectivity index (χ0) is 17.6. The Labute approximate surface area is 165 Å². The highest BCUT2D eigenvalue weighted by molar-refractivity contribution is 6.32. The van der Waals surface area contributed by atoms with Crippen molar-refractivity contribution in [2.24, 2.45) is 0 Å². The number of amides is 1. The van der Waals surface area contributed by atoms with Crippen molar-refractivity contribution < 1.29 is 4.79 Å². The molecule has 1 fully saturated rings. The van der Waals surface area contributed by atoms with E-state index in [1.54, 1.807) is 10.9 Å². The SMILES string of the molecule is Cc1c(C(=O)NCCCN2CCNCC2)cnn1-c1ccccc1Cl.Cl. The van der Waals surface area contributed by atoms with E-state index in [0.717, 1.165) is 50.5 Å². The summed E-state index contributed by atoms with van der Waals surface area (Å²) in [4.78, 5) is 14.8. The number of carbonyl (C=O) groups excluding carboxylic acids is 1. The van der Waals surface area contributed by atoms with E-state index in [-0.39, 0.29) is 18.3 Å². The summed E-state index contributed by atoms with van der Waals surface area (Å²) in [5.74, 6) is -0.0869. The molecule has 1 aliphatic heterocycles. The van der Waals surface area contributed by atoms with Crippen molar-refractivity contribution in [3.63, 3.8) is 0 Å². The summed E-state index contributed by atoms with van der Waals surface area (Å²) in [6, 6.07) is 7.47. The molecule has 2 aromatic rings. The van der Waals surface area contributed by atoms with Crippen LogP contribution in [0.1, 0.15) is 22.5 Å². The zero-order valence-electron chi connectivity index (χ0n) is 14.9. The van der Waals surface area contributed by atoms with Crippen LogP contribution in [0.4, 0.5) is 0 Å². The quantitative estimate of drug-likeness (QED) is 0.733. The minimum absolute atomic E-state index is 0. The van der Waals surface area contributed by atoms with Gasteiger partial charge < -0.3 is 15.5 Å². The van der Waals surface area contributed by atoms with Crippen molar-refractivity contribution in [2.45, 2.75) is 13.3 Å². The molecule has 0 radical (unpaired) electrons. The second-order valence-electron chi connectivity index (χ2n) is 6.21. The second-order valence-corrected chi connectivity index (χ2v) is 6.62. The molecule has 8 heteroatoms. The lowest BCUT2D eigenvalue weighted by atomic mass is 10.2. The molecule has 0 unspecified atom stereocenters. The Kier molecular flexibility index (Phi) is 7.90. The molecular formula is C18H25Cl2N5O. The summed E-state index contributed by atoms with van der Waals surface area (Å²) in [5, 5.41) is 11.3. The maximum Gasteiger partial charge on any atom is 0.254 e. The molecule has 0 aliphatic carbocycles. The van der Waals surface area contributed by atoms with Crippen LogP contribution in [0.5, 0.6) is 0 Å². The Balaban J connectivity index is 0.00000243. The Hall–Kier alpha value is -1.60. The van der Waals surface area contributed by atoms with E-state index in [4.69, 9.17) is 11.6 Å². The molecule has 2 heterocycles. The molecule has 6 nitrogen and oxygen atoms in total. The molecule has 26 heavy (non-hydrogen) atoms. The number of hydrogen-bond acceptors (Lipinski definition) is 4. The number of rotatable bonds is 6. The van der Waals surface area contributed by atoms with Crippen LogP contribution in [0, 0.1) is 6.92 Å². The highest BCUT2D eigenvalue weighted by Crippen LogP contribution is 2.21. The van der Waals surface area contributed by atoms with E-state index in [1.807, 2.05) is 31.2 Å². The number of nitrogens with one attached hydrogen (secondary N) is 2. The third kappa shape index (κ3) is 4.98. The van der Waals surface area contributed by atoms with Crippen molar-refractivity contribution in [1.29, 1.82) is 0 Å². The predicted octanol–water partition coefficient (Wildman–Crippen LogP) is 2.28. The molecule has 2 N–H and O–H groups in total. The first-order valence-corrected chi connectivity index (χ1v) is 9.05. The lowest BCUT2D eigenvalue weighted by molar-refractivity contribution is 0.0950. The van der Waals surface area contributed by atoms with Crippen LogP contribution < -0.4 is 10.6 Å². The van der Waals surface area contributed by atoms with Crippen LogP contribution in [0.15, 0.2) is 30.5 Å². The van der Waals surface area contributed by atoms with Crippen molar-refractivity contribution in [3.05, 3.63) is 46.7 Å². The molecule has 0 saturated carbocycles. The normalized spacial score (nSPS) is 14.7. The van der Waals surface area contributed by atoms with Crippen LogP contribution in [0.3, 0.4) is 0 Å². The summed E-state index contributed by atoms with van der Waals surface area (Å²) in [7, 11) is 0. The maximum atomic E-state index is 12.4. The van der Waals surface area contributed by atoms with Gasteiger partial charge in [-0.15, -0.1) is 12.4 Å². The van der Waals surface area contributed by atoms with Crippen molar-refractivity contribution in [1.82, 2.24) is 25.3 Å². The standard InChI is InChI=1S/C18H24ClN5O.ClH/c1-14-15(13-22-24(14)17-6-3-2-5-16(17)19)18(25)21-7-4-10-23-11-8-20-9-12-23;/h2-3,5-6,13,20H,4,7-12H2,1H3,(H,21,25);1H. The number of carbonyl (C=O) groups is 1. The molecule has 1 aromatic heterocycles. The topological polar surface area (TPSA) is 62.2 Å². The van der Waals surface area contributed by atoms with E-state index in [0.29, 0.717) is 17.1 Å². The minimum atomic E-state index is -0.0869. The molecule has 142 valence electrons. The van der Waals surface area contributed by atoms with Crippen LogP contribution in [0.25, 0.3) is 5.69 Å². The fourth-order valence-electron chi connectivity index (χ4n) is 3.03. The fourth-order valence-corrected chi connectivity index (χ4v) is 3.25. The number of piperazine rings is 1. The zero-order valence-corrected chi connectivity index (χ0v) is 16.4. The predicted molar refractivity (Wildman–Crippen MR) is 107 cm³/mol. The summed E-state index contributed by atoms with van der Waals surface area (Å²) < 4.78 is 1.71. The van der Waals surface area contributed by atoms with Gasteiger partial charge in [-0.05, 0) is 32.0 Å². The Bertz CT molecular complexity index is 728. The van der Waals surface area contributed by atoms with E-state index < -0.39 is 0 Å². The van der Waals surface area contributed by atoms with Gasteiger partial charge in [0.25, 0.3) is 5.91 Å². The summed E-state index contributed by atoms with van der Waals surface area (Å²) in [6.45, 7) is 7.82. The molecule has 1 aromatic carbocycles. The van der Waals surface area contributed by atoms with E-state index in [9.17, 15) is 4.79 Å². The lowest BCUT2D eigenvalue weighted by Crippen LogP contribution is -2.44. The van der Waals surface area contributed by atoms with Crippen LogP contribution in [0.2, 0.25) is 5.02 Å². The van der Waals surface area contributed by atoms with Gasteiger partial charge in [0, 0.05) is 32.7 Å². The van der Waals surface area contributed by atoms with E-state index in [2.05, 4.69) is 20.6 Å². The molecule has 1 amide bonds. The van der Waals surface area contributed by atoms with Gasteiger partial charge in [-0.3, -0.25) is 4.79 Å². The molecular weight excluding hydrogens is 373 g/mol. The summed E-state index contributed by atoms with van der Waals surface area (Å²) in [5.41, 5.74) is 2.15. The van der Waals surface area contributed by atoms with Crippen LogP contribution in [-0.2, 0) is 0 Å². The molecule has 0 bridgehead atoms. The molecule has 0 atom stereocenters. The van der Waals surface area contributed by atoms with Crippen LogP contribution in [-0.4, -0.2) is 59.9 Å². The Morgan fingerprint density at radius 3 is 2.77 bits per heavy atom. The number of nitrogens with zero attached hydrogens (tertiary/aromatic N) is 3. The Morgan fingerprint density at radius 1 is 1.31 bits per heavy atom. The average Bonchev–Trinajstić information content (AvgIpc) is 3.01. The minimum Gasteiger partial charge on any atom is -0.352 e. The van der Waals surface area contributed by atoms with Gasteiger partial charge in [-0.1, -0.05) is 23.7 Å². The third-order valence-electron chi connectivity index (χ3n) is 4.48. The van der Waals surface area contributed by atoms with Crippen molar-refractivity contribution in [2.75, 3.05) is 39.3 Å². The number of aromatic nitrogens is 2. The monoisotopic (exact) mass is 397 g/mol. The first kappa shape index (κ1) is 20.7. The molecule has 3 rings (SSSR count). The lowest BCUT2D eigenvalue weighted by Gasteiger charge is -2.27. The first-order chi connectivity index (χ1) is 12.2. The largest absolute Gasteiger partial charge is 0.352 e. The van der Waals surface area contributed by atoms with Gasteiger partial charge in [0.1, 0.15) is 0 Å². The highest BCUT2D eigenvalue weighted by Gasteiger charge is 2.16. The van der Waals surface area contributed by atoms with E-state index >= 15 is 0 Å². The van der Waals surface area contributed by atoms with Gasteiger partial charge >= 0.3 is 0 Å². The summed E-state index contributed by atoms with van der Waals surface area (Å²) >= 11 is 6.23. The van der Waals surface area contributed by atoms with Crippen LogP contribution >= 0.6 is 24.0 Å². The van der Waals surface area contributed by atoms with E-state index in [1.165, 1.54) is 0 Å². The number of para-hydroxylation sites is 1. The average molecular weight is 398 g/mol. The smallest absolute Gasteiger partial charge is 0.254 e. The second kappa shape index (κ2) is 9.92. The van der Waals surface area contributed by atoms with Crippen molar-refractivity contribution in [3.8, 4) is 5.69 Å². The molecule has 1 aliphatic rings. The molecule has 0 spiro atoms. The third-order valence-corrected chi connectivity index (χ3v) is 4.80. The molecule has 1 saturated heterocycles. The maximum absolute atomic E-state index is 12.4. The van der Waals surface area contributed by atoms with Gasteiger partial charge in [0.15, 0.2) is 0 Å². The number of halogens is 2.